The van der Waals surface area contributed by atoms with Crippen LogP contribution in [0.15, 0.2) is 18.2 Å². The largest absolute Gasteiger partial charge is 0.490 e. The van der Waals surface area contributed by atoms with Crippen molar-refractivity contribution >= 4 is 11.7 Å². The Morgan fingerprint density at radius 2 is 1.75 bits per heavy atom. The summed E-state index contributed by atoms with van der Waals surface area (Å²) in [6.07, 6.45) is 0.338. The number of esters is 1. The van der Waals surface area contributed by atoms with E-state index in [2.05, 4.69) is 5.32 Å². The van der Waals surface area contributed by atoms with E-state index < -0.39 is 0 Å². The van der Waals surface area contributed by atoms with Gasteiger partial charge in [0.15, 0.2) is 11.5 Å². The molecule has 0 saturated carbocycles. The number of ether oxygens (including phenoxy) is 3. The molecule has 0 spiro atoms. The number of benzene rings is 1. The molecule has 0 aliphatic carbocycles. The van der Waals surface area contributed by atoms with Gasteiger partial charge in [-0.15, -0.1) is 0 Å². The maximum Gasteiger partial charge on any atom is 0.307 e. The van der Waals surface area contributed by atoms with Crippen molar-refractivity contribution in [2.75, 3.05) is 31.7 Å². The van der Waals surface area contributed by atoms with Gasteiger partial charge in [0.2, 0.25) is 0 Å². The third-order valence-corrected chi connectivity index (χ3v) is 2.51. The Morgan fingerprint density at radius 3 is 2.40 bits per heavy atom. The van der Waals surface area contributed by atoms with Gasteiger partial charge in [-0.05, 0) is 32.9 Å². The van der Waals surface area contributed by atoms with Crippen molar-refractivity contribution in [3.8, 4) is 11.5 Å². The average Bonchev–Trinajstić information content (AvgIpc) is 2.42. The Bertz CT molecular complexity index is 420. The third kappa shape index (κ3) is 5.38. The molecule has 5 nitrogen and oxygen atoms in total. The Balaban J connectivity index is 2.57. The van der Waals surface area contributed by atoms with Gasteiger partial charge in [-0.2, -0.15) is 0 Å². The van der Waals surface area contributed by atoms with E-state index in [1.807, 2.05) is 32.0 Å². The lowest BCUT2D eigenvalue weighted by atomic mass is 10.2. The Kier molecular flexibility index (Phi) is 7.32. The van der Waals surface area contributed by atoms with E-state index in [0.29, 0.717) is 38.5 Å². The SMILES string of the molecule is CCOC(=O)CCNc1ccc(OCC)c(OCC)c1. The summed E-state index contributed by atoms with van der Waals surface area (Å²) in [5, 5.41) is 3.17. The van der Waals surface area contributed by atoms with Crippen molar-refractivity contribution in [1.82, 2.24) is 0 Å². The number of hydrogen-bond donors (Lipinski definition) is 1. The molecule has 112 valence electrons. The van der Waals surface area contributed by atoms with E-state index in [9.17, 15) is 4.79 Å². The zero-order valence-corrected chi connectivity index (χ0v) is 12.4. The maximum absolute atomic E-state index is 11.2. The highest BCUT2D eigenvalue weighted by Crippen LogP contribution is 2.30. The van der Waals surface area contributed by atoms with Crippen molar-refractivity contribution in [2.24, 2.45) is 0 Å². The molecule has 0 bridgehead atoms. The lowest BCUT2D eigenvalue weighted by Crippen LogP contribution is -2.11. The van der Waals surface area contributed by atoms with Crippen LogP contribution in [0.1, 0.15) is 27.2 Å². The Labute approximate surface area is 120 Å². The van der Waals surface area contributed by atoms with Crippen LogP contribution in [0, 0.1) is 0 Å². The van der Waals surface area contributed by atoms with Gasteiger partial charge in [0.25, 0.3) is 0 Å². The number of carbonyl (C=O) groups excluding carboxylic acids is 1. The fourth-order valence-electron chi connectivity index (χ4n) is 1.70. The van der Waals surface area contributed by atoms with Crippen molar-refractivity contribution in [3.63, 3.8) is 0 Å². The summed E-state index contributed by atoms with van der Waals surface area (Å²) in [7, 11) is 0. The first kappa shape index (κ1) is 16.1. The topological polar surface area (TPSA) is 56.8 Å². The summed E-state index contributed by atoms with van der Waals surface area (Å²) in [5.41, 5.74) is 0.890. The fraction of sp³-hybridized carbons (Fsp3) is 0.533. The maximum atomic E-state index is 11.2. The minimum atomic E-state index is -0.198. The molecule has 0 radical (unpaired) electrons. The monoisotopic (exact) mass is 281 g/mol. The summed E-state index contributed by atoms with van der Waals surface area (Å²) in [5.74, 6) is 1.23. The molecule has 0 heterocycles. The van der Waals surface area contributed by atoms with Crippen molar-refractivity contribution in [1.29, 1.82) is 0 Å². The van der Waals surface area contributed by atoms with E-state index in [4.69, 9.17) is 14.2 Å². The first-order chi connectivity index (χ1) is 9.71. The average molecular weight is 281 g/mol. The molecule has 0 fully saturated rings. The van der Waals surface area contributed by atoms with Crippen molar-refractivity contribution in [2.45, 2.75) is 27.2 Å². The minimum absolute atomic E-state index is 0.198. The molecule has 1 aromatic rings. The molecule has 0 aliphatic heterocycles. The first-order valence-electron chi connectivity index (χ1n) is 7.00. The van der Waals surface area contributed by atoms with E-state index in [-0.39, 0.29) is 5.97 Å². The molecule has 0 saturated heterocycles. The third-order valence-electron chi connectivity index (χ3n) is 2.51. The summed E-state index contributed by atoms with van der Waals surface area (Å²) >= 11 is 0. The summed E-state index contributed by atoms with van der Waals surface area (Å²) in [6, 6.07) is 5.64. The smallest absolute Gasteiger partial charge is 0.307 e. The molecular weight excluding hydrogens is 258 g/mol. The van der Waals surface area contributed by atoms with Gasteiger partial charge < -0.3 is 19.5 Å². The highest BCUT2D eigenvalue weighted by molar-refractivity contribution is 5.70. The number of hydrogen-bond acceptors (Lipinski definition) is 5. The van der Waals surface area contributed by atoms with Crippen LogP contribution in [0.3, 0.4) is 0 Å². The Morgan fingerprint density at radius 1 is 1.05 bits per heavy atom. The van der Waals surface area contributed by atoms with E-state index in [1.165, 1.54) is 0 Å². The van der Waals surface area contributed by atoms with Crippen LogP contribution in [0.4, 0.5) is 5.69 Å². The van der Waals surface area contributed by atoms with Gasteiger partial charge >= 0.3 is 5.97 Å². The van der Waals surface area contributed by atoms with Gasteiger partial charge in [0.1, 0.15) is 0 Å². The molecule has 1 N–H and O–H groups in total. The molecule has 20 heavy (non-hydrogen) atoms. The van der Waals surface area contributed by atoms with Crippen LogP contribution in [-0.2, 0) is 9.53 Å². The van der Waals surface area contributed by atoms with Crippen LogP contribution in [0.5, 0.6) is 11.5 Å². The second-order valence-electron chi connectivity index (χ2n) is 4.01. The molecule has 1 rings (SSSR count). The predicted octanol–water partition coefficient (Wildman–Crippen LogP) is 2.85. The number of nitrogens with one attached hydrogen (secondary N) is 1. The lowest BCUT2D eigenvalue weighted by Gasteiger charge is -2.13. The standard InChI is InChI=1S/C15H23NO4/c1-4-18-13-8-7-12(11-14(13)19-5-2)16-10-9-15(17)20-6-3/h7-8,11,16H,4-6,9-10H2,1-3H3. The molecule has 0 aromatic heterocycles. The predicted molar refractivity (Wildman–Crippen MR) is 78.5 cm³/mol. The van der Waals surface area contributed by atoms with E-state index >= 15 is 0 Å². The van der Waals surface area contributed by atoms with Crippen LogP contribution in [0.2, 0.25) is 0 Å². The molecule has 5 heteroatoms. The summed E-state index contributed by atoms with van der Waals surface area (Å²) in [4.78, 5) is 11.2. The highest BCUT2D eigenvalue weighted by atomic mass is 16.5. The molecule has 0 atom stereocenters. The Hall–Kier alpha value is -1.91. The molecule has 1 aromatic carbocycles. The zero-order chi connectivity index (χ0) is 14.8. The normalized spacial score (nSPS) is 9.95. The van der Waals surface area contributed by atoms with Crippen LogP contribution in [0.25, 0.3) is 0 Å². The van der Waals surface area contributed by atoms with Crippen LogP contribution < -0.4 is 14.8 Å². The number of rotatable bonds is 9. The van der Waals surface area contributed by atoms with Crippen LogP contribution >= 0.6 is 0 Å². The molecule has 0 unspecified atom stereocenters. The molecule has 0 amide bonds. The van der Waals surface area contributed by atoms with E-state index in [1.54, 1.807) is 6.92 Å². The number of anilines is 1. The van der Waals surface area contributed by atoms with Crippen LogP contribution in [-0.4, -0.2) is 32.3 Å². The van der Waals surface area contributed by atoms with Gasteiger partial charge in [0, 0.05) is 18.3 Å². The quantitative estimate of drug-likeness (QED) is 0.705. The zero-order valence-electron chi connectivity index (χ0n) is 12.4. The lowest BCUT2D eigenvalue weighted by molar-refractivity contribution is -0.142. The summed E-state index contributed by atoms with van der Waals surface area (Å²) in [6.45, 7) is 7.76. The van der Waals surface area contributed by atoms with Gasteiger partial charge in [-0.25, -0.2) is 0 Å². The fourth-order valence-corrected chi connectivity index (χ4v) is 1.70. The van der Waals surface area contributed by atoms with Gasteiger partial charge in [0.05, 0.1) is 26.2 Å². The second kappa shape index (κ2) is 9.07. The molecular formula is C15H23NO4. The van der Waals surface area contributed by atoms with E-state index in [0.717, 1.165) is 11.4 Å². The van der Waals surface area contributed by atoms with Gasteiger partial charge in [-0.1, -0.05) is 0 Å². The second-order valence-corrected chi connectivity index (χ2v) is 4.01. The highest BCUT2D eigenvalue weighted by Gasteiger charge is 2.06. The first-order valence-corrected chi connectivity index (χ1v) is 7.00. The summed E-state index contributed by atoms with van der Waals surface area (Å²) < 4.78 is 15.9. The van der Waals surface area contributed by atoms with Gasteiger partial charge in [-0.3, -0.25) is 4.79 Å². The molecule has 0 aliphatic rings. The number of carbonyl (C=O) groups is 1. The van der Waals surface area contributed by atoms with Crippen molar-refractivity contribution in [3.05, 3.63) is 18.2 Å². The van der Waals surface area contributed by atoms with Crippen molar-refractivity contribution < 1.29 is 19.0 Å². The minimum Gasteiger partial charge on any atom is -0.490 e.